The maximum Gasteiger partial charge on any atom is 0.329 e. The lowest BCUT2D eigenvalue weighted by molar-refractivity contribution is -0.128. The van der Waals surface area contributed by atoms with Crippen LogP contribution in [-0.2, 0) is 21.0 Å². The fourth-order valence-electron chi connectivity index (χ4n) is 3.93. The Morgan fingerprint density at radius 2 is 1.85 bits per heavy atom. The lowest BCUT2D eigenvalue weighted by Crippen LogP contribution is -2.49. The number of amides is 4. The van der Waals surface area contributed by atoms with E-state index in [1.54, 1.807) is 24.3 Å². The van der Waals surface area contributed by atoms with Gasteiger partial charge < -0.3 is 5.32 Å². The number of fused-ring (bicyclic) bond motifs is 4. The van der Waals surface area contributed by atoms with Gasteiger partial charge in [0.15, 0.2) is 4.87 Å². The second kappa shape index (κ2) is 5.74. The molecule has 8 heteroatoms. The summed E-state index contributed by atoms with van der Waals surface area (Å²) in [6.07, 6.45) is 0. The molecule has 0 saturated carbocycles. The molecule has 2 unspecified atom stereocenters. The molecule has 4 amide bonds. The minimum atomic E-state index is -1.18. The van der Waals surface area contributed by atoms with E-state index >= 15 is 0 Å². The lowest BCUT2D eigenvalue weighted by Gasteiger charge is -2.31. The van der Waals surface area contributed by atoms with Gasteiger partial charge in [-0.3, -0.25) is 19.4 Å². The van der Waals surface area contributed by atoms with E-state index in [0.29, 0.717) is 16.5 Å². The fraction of sp³-hybridized carbons (Fsp3) is 0.211. The number of carbonyl (C=O) groups excluding carboxylic acids is 3. The Morgan fingerprint density at radius 3 is 2.63 bits per heavy atom. The van der Waals surface area contributed by atoms with Gasteiger partial charge in [0.2, 0.25) is 0 Å². The predicted molar refractivity (Wildman–Crippen MR) is 102 cm³/mol. The number of carbonyl (C=O) groups is 3. The Kier molecular flexibility index (Phi) is 3.54. The highest BCUT2D eigenvalue weighted by Crippen LogP contribution is 2.55. The van der Waals surface area contributed by atoms with Crippen molar-refractivity contribution < 1.29 is 14.4 Å². The Bertz CT molecular complexity index is 996. The molecule has 0 aromatic heterocycles. The first-order valence-electron chi connectivity index (χ1n) is 8.46. The molecule has 136 valence electrons. The highest BCUT2D eigenvalue weighted by molar-refractivity contribution is 8.01. The quantitative estimate of drug-likeness (QED) is 0.788. The number of urea groups is 1. The third-order valence-electron chi connectivity index (χ3n) is 5.19. The zero-order chi connectivity index (χ0) is 18.8. The van der Waals surface area contributed by atoms with Crippen molar-refractivity contribution in [2.24, 2.45) is 0 Å². The van der Waals surface area contributed by atoms with Crippen LogP contribution >= 0.6 is 23.4 Å². The summed E-state index contributed by atoms with van der Waals surface area (Å²) < 4.78 is 0. The van der Waals surface area contributed by atoms with Crippen LogP contribution in [-0.4, -0.2) is 39.4 Å². The molecule has 1 N–H and O–H groups in total. The number of thioether (sulfide) groups is 1. The first kappa shape index (κ1) is 16.6. The second-order valence-electron chi connectivity index (χ2n) is 6.67. The standard InChI is InChI=1S/C19H14ClN3O3S/c20-12-7-5-11(6-8-12)9-22-16(24)15-10-27-19(23(15)18(22)26)13-3-1-2-4-14(13)21-17(19)25/h1-8,15H,9-10H2,(H,21,25). The summed E-state index contributed by atoms with van der Waals surface area (Å²) in [5.41, 5.74) is 2.23. The summed E-state index contributed by atoms with van der Waals surface area (Å²) in [6.45, 7) is 0.159. The monoisotopic (exact) mass is 399 g/mol. The van der Waals surface area contributed by atoms with E-state index in [0.717, 1.165) is 11.1 Å². The molecule has 2 aromatic carbocycles. The molecule has 0 aliphatic carbocycles. The molecule has 3 aliphatic heterocycles. The molecule has 2 aromatic rings. The number of rotatable bonds is 2. The highest BCUT2D eigenvalue weighted by Gasteiger charge is 2.65. The average Bonchev–Trinajstić information content (AvgIpc) is 3.27. The van der Waals surface area contributed by atoms with E-state index in [4.69, 9.17) is 11.6 Å². The van der Waals surface area contributed by atoms with Crippen LogP contribution in [0, 0.1) is 0 Å². The molecular formula is C19H14ClN3O3S. The second-order valence-corrected chi connectivity index (χ2v) is 8.32. The smallest absolute Gasteiger partial charge is 0.323 e. The number of anilines is 1. The van der Waals surface area contributed by atoms with Crippen molar-refractivity contribution in [3.63, 3.8) is 0 Å². The molecule has 3 heterocycles. The normalized spacial score (nSPS) is 26.0. The van der Waals surface area contributed by atoms with Gasteiger partial charge in [-0.25, -0.2) is 4.79 Å². The number of halogens is 1. The minimum absolute atomic E-state index is 0.159. The Morgan fingerprint density at radius 1 is 1.11 bits per heavy atom. The Hall–Kier alpha value is -2.51. The number of para-hydroxylation sites is 1. The molecule has 0 radical (unpaired) electrons. The third kappa shape index (κ3) is 2.18. The highest BCUT2D eigenvalue weighted by atomic mass is 35.5. The van der Waals surface area contributed by atoms with Crippen LogP contribution in [0.25, 0.3) is 0 Å². The zero-order valence-electron chi connectivity index (χ0n) is 14.0. The topological polar surface area (TPSA) is 69.7 Å². The van der Waals surface area contributed by atoms with Crippen LogP contribution in [0.5, 0.6) is 0 Å². The van der Waals surface area contributed by atoms with Crippen LogP contribution in [0.1, 0.15) is 11.1 Å². The van der Waals surface area contributed by atoms with Crippen LogP contribution in [0.15, 0.2) is 48.5 Å². The predicted octanol–water partition coefficient (Wildman–Crippen LogP) is 3.02. The molecule has 5 rings (SSSR count). The van der Waals surface area contributed by atoms with Gasteiger partial charge in [-0.05, 0) is 23.8 Å². The molecule has 2 atom stereocenters. The summed E-state index contributed by atoms with van der Waals surface area (Å²) in [6, 6.07) is 13.3. The first-order chi connectivity index (χ1) is 13.0. The summed E-state index contributed by atoms with van der Waals surface area (Å²) in [7, 11) is 0. The van der Waals surface area contributed by atoms with Gasteiger partial charge in [0, 0.05) is 22.0 Å². The van der Waals surface area contributed by atoms with Crippen molar-refractivity contribution in [2.45, 2.75) is 17.5 Å². The van der Waals surface area contributed by atoms with Crippen molar-refractivity contribution in [3.05, 3.63) is 64.7 Å². The third-order valence-corrected chi connectivity index (χ3v) is 6.95. The lowest BCUT2D eigenvalue weighted by atomic mass is 10.1. The van der Waals surface area contributed by atoms with E-state index in [9.17, 15) is 14.4 Å². The molecule has 0 bridgehead atoms. The van der Waals surface area contributed by atoms with Gasteiger partial charge in [-0.1, -0.05) is 41.9 Å². The van der Waals surface area contributed by atoms with Crippen molar-refractivity contribution in [2.75, 3.05) is 11.1 Å². The number of hydrogen-bond donors (Lipinski definition) is 1. The maximum atomic E-state index is 13.2. The Balaban J connectivity index is 1.53. The molecule has 3 aliphatic rings. The first-order valence-corrected chi connectivity index (χ1v) is 9.83. The summed E-state index contributed by atoms with van der Waals surface area (Å²) in [5, 5.41) is 3.44. The van der Waals surface area contributed by atoms with E-state index < -0.39 is 16.9 Å². The van der Waals surface area contributed by atoms with E-state index in [1.807, 2.05) is 24.3 Å². The van der Waals surface area contributed by atoms with Gasteiger partial charge in [0.05, 0.1) is 6.54 Å². The minimum Gasteiger partial charge on any atom is -0.323 e. The van der Waals surface area contributed by atoms with Crippen LogP contribution in [0.4, 0.5) is 10.5 Å². The van der Waals surface area contributed by atoms with Gasteiger partial charge in [-0.2, -0.15) is 0 Å². The van der Waals surface area contributed by atoms with Gasteiger partial charge in [0.1, 0.15) is 6.04 Å². The van der Waals surface area contributed by atoms with Crippen LogP contribution < -0.4 is 5.32 Å². The van der Waals surface area contributed by atoms with Crippen LogP contribution in [0.2, 0.25) is 5.02 Å². The van der Waals surface area contributed by atoms with E-state index in [2.05, 4.69) is 5.32 Å². The maximum absolute atomic E-state index is 13.2. The molecular weight excluding hydrogens is 386 g/mol. The molecule has 6 nitrogen and oxygen atoms in total. The van der Waals surface area contributed by atoms with Gasteiger partial charge >= 0.3 is 6.03 Å². The van der Waals surface area contributed by atoms with Crippen molar-refractivity contribution >= 4 is 46.9 Å². The van der Waals surface area contributed by atoms with Crippen molar-refractivity contribution in [1.82, 2.24) is 9.80 Å². The summed E-state index contributed by atoms with van der Waals surface area (Å²) in [5.74, 6) is -0.147. The average molecular weight is 400 g/mol. The van der Waals surface area contributed by atoms with E-state index in [1.165, 1.54) is 21.6 Å². The zero-order valence-corrected chi connectivity index (χ0v) is 15.6. The molecule has 2 saturated heterocycles. The van der Waals surface area contributed by atoms with Gasteiger partial charge in [-0.15, -0.1) is 11.8 Å². The van der Waals surface area contributed by atoms with E-state index in [-0.39, 0.29) is 18.4 Å². The summed E-state index contributed by atoms with van der Waals surface area (Å²) in [4.78, 5) is 40.5. The Labute approximate surface area is 164 Å². The molecule has 1 spiro atoms. The van der Waals surface area contributed by atoms with Gasteiger partial charge in [0.25, 0.3) is 11.8 Å². The van der Waals surface area contributed by atoms with Crippen molar-refractivity contribution in [1.29, 1.82) is 0 Å². The number of hydrogen-bond acceptors (Lipinski definition) is 4. The molecule has 2 fully saturated rings. The van der Waals surface area contributed by atoms with Crippen LogP contribution in [0.3, 0.4) is 0 Å². The fourth-order valence-corrected chi connectivity index (χ4v) is 5.61. The largest absolute Gasteiger partial charge is 0.329 e. The summed E-state index contributed by atoms with van der Waals surface area (Å²) >= 11 is 7.25. The number of imide groups is 1. The number of nitrogens with zero attached hydrogens (tertiary/aromatic N) is 2. The molecule has 27 heavy (non-hydrogen) atoms. The number of benzene rings is 2. The SMILES string of the molecule is O=C1C2CSC3(C(=O)Nc4ccccc43)N2C(=O)N1Cc1ccc(Cl)cc1. The number of nitrogens with one attached hydrogen (secondary N) is 1. The van der Waals surface area contributed by atoms with Crippen molar-refractivity contribution in [3.8, 4) is 0 Å².